The predicted octanol–water partition coefficient (Wildman–Crippen LogP) is 2.36. The van der Waals surface area contributed by atoms with Crippen LogP contribution in [0.3, 0.4) is 0 Å². The van der Waals surface area contributed by atoms with Gasteiger partial charge in [-0.1, -0.05) is 11.6 Å². The van der Waals surface area contributed by atoms with E-state index in [1.54, 1.807) is 0 Å². The number of halogens is 1. The molecule has 1 rings (SSSR count). The van der Waals surface area contributed by atoms with E-state index in [9.17, 15) is 4.79 Å². The van der Waals surface area contributed by atoms with Gasteiger partial charge in [-0.15, -0.1) is 11.3 Å². The molecule has 1 aromatic heterocycles. The molecule has 0 aliphatic carbocycles. The lowest BCUT2D eigenvalue weighted by molar-refractivity contribution is -0.137. The number of carboxylic acid groups (broad SMARTS) is 1. The Hall–Kier alpha value is -0.580. The quantitative estimate of drug-likeness (QED) is 0.742. The van der Waals surface area contributed by atoms with Gasteiger partial charge in [0.05, 0.1) is 4.34 Å². The van der Waals surface area contributed by atoms with Gasteiger partial charge in [-0.2, -0.15) is 0 Å². The minimum atomic E-state index is -0.744. The van der Waals surface area contributed by atoms with Crippen molar-refractivity contribution in [1.82, 2.24) is 5.32 Å². The minimum Gasteiger partial charge on any atom is -0.481 e. The molecule has 0 aliphatic heterocycles. The van der Waals surface area contributed by atoms with Gasteiger partial charge in [-0.25, -0.2) is 0 Å². The van der Waals surface area contributed by atoms with E-state index in [2.05, 4.69) is 5.32 Å². The summed E-state index contributed by atoms with van der Waals surface area (Å²) in [5, 5.41) is 11.5. The van der Waals surface area contributed by atoms with Crippen LogP contribution in [0.5, 0.6) is 0 Å². The van der Waals surface area contributed by atoms with Crippen LogP contribution in [0.25, 0.3) is 0 Å². The van der Waals surface area contributed by atoms with Crippen molar-refractivity contribution >= 4 is 28.9 Å². The molecule has 0 radical (unpaired) electrons. The molecule has 1 heterocycles. The van der Waals surface area contributed by atoms with Crippen LogP contribution in [0.2, 0.25) is 4.34 Å². The van der Waals surface area contributed by atoms with Gasteiger partial charge in [-0.05, 0) is 25.1 Å². The first kappa shape index (κ1) is 11.5. The zero-order chi connectivity index (χ0) is 10.4. The Morgan fingerprint density at radius 1 is 1.57 bits per heavy atom. The molecule has 2 N–H and O–H groups in total. The van der Waals surface area contributed by atoms with Gasteiger partial charge < -0.3 is 10.4 Å². The molecule has 0 atom stereocenters. The molecule has 0 aliphatic rings. The van der Waals surface area contributed by atoms with E-state index in [0.717, 1.165) is 17.4 Å². The van der Waals surface area contributed by atoms with E-state index < -0.39 is 5.97 Å². The van der Waals surface area contributed by atoms with Crippen molar-refractivity contribution in [3.05, 3.63) is 21.3 Å². The first-order valence-electron chi connectivity index (χ1n) is 4.35. The molecule has 3 nitrogen and oxygen atoms in total. The molecule has 0 bridgehead atoms. The molecule has 0 fully saturated rings. The van der Waals surface area contributed by atoms with Crippen LogP contribution in [0.4, 0.5) is 0 Å². The number of aliphatic carboxylic acids is 1. The summed E-state index contributed by atoms with van der Waals surface area (Å²) < 4.78 is 0.785. The van der Waals surface area contributed by atoms with Crippen LogP contribution in [0.1, 0.15) is 17.7 Å². The largest absolute Gasteiger partial charge is 0.481 e. The highest BCUT2D eigenvalue weighted by Crippen LogP contribution is 2.20. The second-order valence-electron chi connectivity index (χ2n) is 2.88. The number of thiophene rings is 1. The number of nitrogens with one attached hydrogen (secondary N) is 1. The molecule has 0 spiro atoms. The summed E-state index contributed by atoms with van der Waals surface area (Å²) in [6, 6.07) is 3.83. The van der Waals surface area contributed by atoms with Crippen molar-refractivity contribution in [1.29, 1.82) is 0 Å². The Bertz CT molecular complexity index is 301. The van der Waals surface area contributed by atoms with E-state index in [1.165, 1.54) is 16.2 Å². The van der Waals surface area contributed by atoms with Gasteiger partial charge in [-0.3, -0.25) is 4.79 Å². The van der Waals surface area contributed by atoms with E-state index in [1.807, 2.05) is 12.1 Å². The zero-order valence-corrected chi connectivity index (χ0v) is 9.20. The molecule has 0 amide bonds. The van der Waals surface area contributed by atoms with Gasteiger partial charge in [0.15, 0.2) is 0 Å². The fourth-order valence-electron chi connectivity index (χ4n) is 1.02. The molecule has 0 aromatic carbocycles. The number of carbonyl (C=O) groups is 1. The van der Waals surface area contributed by atoms with Crippen molar-refractivity contribution in [3.63, 3.8) is 0 Å². The normalized spacial score (nSPS) is 10.4. The van der Waals surface area contributed by atoms with Crippen LogP contribution in [0.15, 0.2) is 12.1 Å². The second kappa shape index (κ2) is 6.01. The Balaban J connectivity index is 2.07. The van der Waals surface area contributed by atoms with E-state index in [4.69, 9.17) is 16.7 Å². The maximum atomic E-state index is 10.2. The number of carboxylic acids is 1. The van der Waals surface area contributed by atoms with E-state index >= 15 is 0 Å². The molecule has 0 unspecified atom stereocenters. The lowest BCUT2D eigenvalue weighted by Gasteiger charge is -2.00. The predicted molar refractivity (Wildman–Crippen MR) is 57.9 cm³/mol. The summed E-state index contributed by atoms with van der Waals surface area (Å²) in [5.74, 6) is -0.744. The summed E-state index contributed by atoms with van der Waals surface area (Å²) in [6.45, 7) is 1.48. The Morgan fingerprint density at radius 2 is 2.36 bits per heavy atom. The number of hydrogen-bond donors (Lipinski definition) is 2. The summed E-state index contributed by atoms with van der Waals surface area (Å²) in [4.78, 5) is 11.4. The third-order valence-corrected chi connectivity index (χ3v) is 2.90. The molecule has 14 heavy (non-hydrogen) atoms. The third-order valence-electron chi connectivity index (χ3n) is 1.67. The van der Waals surface area contributed by atoms with Crippen LogP contribution < -0.4 is 5.32 Å². The van der Waals surface area contributed by atoms with Crippen molar-refractivity contribution in [2.24, 2.45) is 0 Å². The fourth-order valence-corrected chi connectivity index (χ4v) is 2.08. The molecule has 5 heteroatoms. The van der Waals surface area contributed by atoms with Crippen LogP contribution in [0, 0.1) is 0 Å². The lowest BCUT2D eigenvalue weighted by Crippen LogP contribution is -2.14. The highest BCUT2D eigenvalue weighted by molar-refractivity contribution is 7.16. The molecule has 0 saturated heterocycles. The van der Waals surface area contributed by atoms with Gasteiger partial charge in [0.1, 0.15) is 0 Å². The summed E-state index contributed by atoms with van der Waals surface area (Å²) in [6.07, 6.45) is 0.882. The Morgan fingerprint density at radius 3 is 2.93 bits per heavy atom. The maximum Gasteiger partial charge on any atom is 0.303 e. The van der Waals surface area contributed by atoms with Crippen LogP contribution >= 0.6 is 22.9 Å². The van der Waals surface area contributed by atoms with Gasteiger partial charge in [0.25, 0.3) is 0 Å². The van der Waals surface area contributed by atoms with Crippen molar-refractivity contribution in [2.45, 2.75) is 19.4 Å². The first-order chi connectivity index (χ1) is 6.68. The number of hydrogen-bond acceptors (Lipinski definition) is 3. The first-order valence-corrected chi connectivity index (χ1v) is 5.54. The van der Waals surface area contributed by atoms with E-state index in [-0.39, 0.29) is 6.42 Å². The molecule has 0 saturated carbocycles. The maximum absolute atomic E-state index is 10.2. The standard InChI is InChI=1S/C9H12ClNO2S/c10-8-4-3-7(14-8)6-11-5-1-2-9(12)13/h3-4,11H,1-2,5-6H2,(H,12,13). The molecule has 1 aromatic rings. The SMILES string of the molecule is O=C(O)CCCNCc1ccc(Cl)s1. The lowest BCUT2D eigenvalue weighted by atomic mass is 10.3. The van der Waals surface area contributed by atoms with Crippen molar-refractivity contribution < 1.29 is 9.90 Å². The Kier molecular flexibility index (Phi) is 4.93. The topological polar surface area (TPSA) is 49.3 Å². The smallest absolute Gasteiger partial charge is 0.303 e. The number of rotatable bonds is 6. The highest BCUT2D eigenvalue weighted by atomic mass is 35.5. The van der Waals surface area contributed by atoms with Gasteiger partial charge in [0, 0.05) is 17.8 Å². The average Bonchev–Trinajstić information content (AvgIpc) is 2.50. The summed E-state index contributed by atoms with van der Waals surface area (Å²) >= 11 is 7.29. The highest BCUT2D eigenvalue weighted by Gasteiger charge is 1.98. The molecule has 78 valence electrons. The third kappa shape index (κ3) is 4.60. The minimum absolute atomic E-state index is 0.220. The summed E-state index contributed by atoms with van der Waals surface area (Å²) in [7, 11) is 0. The van der Waals surface area contributed by atoms with Gasteiger partial charge in [0.2, 0.25) is 0 Å². The van der Waals surface area contributed by atoms with Gasteiger partial charge >= 0.3 is 5.97 Å². The van der Waals surface area contributed by atoms with E-state index in [0.29, 0.717) is 6.42 Å². The second-order valence-corrected chi connectivity index (χ2v) is 4.68. The zero-order valence-electron chi connectivity index (χ0n) is 7.62. The van der Waals surface area contributed by atoms with Crippen LogP contribution in [-0.4, -0.2) is 17.6 Å². The fraction of sp³-hybridized carbons (Fsp3) is 0.444. The average molecular weight is 234 g/mol. The van der Waals surface area contributed by atoms with Crippen molar-refractivity contribution in [2.75, 3.05) is 6.54 Å². The monoisotopic (exact) mass is 233 g/mol. The molecular formula is C9H12ClNO2S. The van der Waals surface area contributed by atoms with Crippen molar-refractivity contribution in [3.8, 4) is 0 Å². The van der Waals surface area contributed by atoms with Crippen LogP contribution in [-0.2, 0) is 11.3 Å². The Labute approximate surface area is 91.7 Å². The summed E-state index contributed by atoms with van der Waals surface area (Å²) in [5.41, 5.74) is 0. The molecular weight excluding hydrogens is 222 g/mol.